The van der Waals surface area contributed by atoms with E-state index in [4.69, 9.17) is 0 Å². The number of benzene rings is 2. The number of carbonyl (C=O) groups excluding carboxylic acids is 1. The number of carbonyl (C=O) groups is 1. The van der Waals surface area contributed by atoms with Crippen LogP contribution in [0.15, 0.2) is 72.9 Å². The van der Waals surface area contributed by atoms with Crippen LogP contribution < -0.4 is 10.2 Å². The fraction of sp³-hybridized carbons (Fsp3) is 0.227. The van der Waals surface area contributed by atoms with Crippen LogP contribution in [0.1, 0.15) is 30.1 Å². The average molecular weight is 343 g/mol. The molecule has 1 aliphatic heterocycles. The maximum absolute atomic E-state index is 13.3. The largest absolute Gasteiger partial charge is 0.316 e. The van der Waals surface area contributed by atoms with Crippen molar-refractivity contribution in [1.29, 1.82) is 0 Å². The van der Waals surface area contributed by atoms with Gasteiger partial charge in [0.05, 0.1) is 23.6 Å². The van der Waals surface area contributed by atoms with Crippen LogP contribution in [0.4, 0.5) is 5.69 Å². The van der Waals surface area contributed by atoms with Gasteiger partial charge in [0.15, 0.2) is 0 Å². The van der Waals surface area contributed by atoms with E-state index < -0.39 is 0 Å². The molecule has 0 bridgehead atoms. The number of para-hydroxylation sites is 2. The zero-order valence-corrected chi connectivity index (χ0v) is 14.5. The van der Waals surface area contributed by atoms with Gasteiger partial charge in [-0.2, -0.15) is 0 Å². The van der Waals surface area contributed by atoms with Crippen molar-refractivity contribution in [2.75, 3.05) is 11.4 Å². The smallest absolute Gasteiger partial charge is 0.241 e. The van der Waals surface area contributed by atoms with Crippen LogP contribution in [0.25, 0.3) is 5.69 Å². The Hall–Kier alpha value is -2.85. The zero-order valence-electron chi connectivity index (χ0n) is 14.5. The second-order valence-corrected chi connectivity index (χ2v) is 7.02. The van der Waals surface area contributed by atoms with E-state index in [2.05, 4.69) is 46.4 Å². The van der Waals surface area contributed by atoms with Gasteiger partial charge in [0, 0.05) is 12.2 Å². The van der Waals surface area contributed by atoms with Crippen LogP contribution in [0.3, 0.4) is 0 Å². The van der Waals surface area contributed by atoms with Crippen LogP contribution in [0, 0.1) is 0 Å². The first-order valence-corrected chi connectivity index (χ1v) is 9.20. The molecule has 130 valence electrons. The molecule has 1 unspecified atom stereocenters. The number of nitrogens with one attached hydrogen (secondary N) is 1. The summed E-state index contributed by atoms with van der Waals surface area (Å²) in [6.07, 6.45) is 4.43. The van der Waals surface area contributed by atoms with Gasteiger partial charge in [-0.1, -0.05) is 42.5 Å². The van der Waals surface area contributed by atoms with Crippen molar-refractivity contribution in [2.24, 2.45) is 0 Å². The average Bonchev–Trinajstić information content (AvgIpc) is 3.39. The molecule has 1 saturated carbocycles. The molecule has 2 heterocycles. The minimum absolute atomic E-state index is 0.116. The lowest BCUT2D eigenvalue weighted by Crippen LogP contribution is -2.44. The summed E-state index contributed by atoms with van der Waals surface area (Å²) >= 11 is 0. The van der Waals surface area contributed by atoms with Gasteiger partial charge in [0.2, 0.25) is 5.91 Å². The Labute approximate surface area is 153 Å². The van der Waals surface area contributed by atoms with E-state index >= 15 is 0 Å². The molecule has 1 aliphatic carbocycles. The van der Waals surface area contributed by atoms with Crippen molar-refractivity contribution in [3.8, 4) is 5.69 Å². The Bertz CT molecular complexity index is 943. The maximum Gasteiger partial charge on any atom is 0.241 e. The SMILES string of the molecule is O=C(CNC1CC1)N1c2ccccc2-n2cccc2C1c1ccccc1. The number of hydrogen-bond acceptors (Lipinski definition) is 2. The van der Waals surface area contributed by atoms with E-state index in [1.165, 1.54) is 12.8 Å². The van der Waals surface area contributed by atoms with Gasteiger partial charge in [0.1, 0.15) is 6.04 Å². The third-order valence-corrected chi connectivity index (χ3v) is 5.22. The van der Waals surface area contributed by atoms with Gasteiger partial charge in [-0.3, -0.25) is 9.69 Å². The standard InChI is InChI=1S/C22H21N3O/c26-21(15-23-17-12-13-17)25-19-10-5-4-9-18(19)24-14-6-11-20(24)22(25)16-7-2-1-3-8-16/h1-11,14,17,22-23H,12-13,15H2. The molecular formula is C22H21N3O. The summed E-state index contributed by atoms with van der Waals surface area (Å²) in [6, 6.07) is 23.0. The predicted octanol–water partition coefficient (Wildman–Crippen LogP) is 3.67. The predicted molar refractivity (Wildman–Crippen MR) is 103 cm³/mol. The van der Waals surface area contributed by atoms with Crippen LogP contribution in [0.5, 0.6) is 0 Å². The highest BCUT2D eigenvalue weighted by Gasteiger charge is 2.36. The molecular weight excluding hydrogens is 322 g/mol. The Morgan fingerprint density at radius 3 is 2.42 bits per heavy atom. The number of hydrogen-bond donors (Lipinski definition) is 1. The second-order valence-electron chi connectivity index (χ2n) is 7.02. The first-order chi connectivity index (χ1) is 12.8. The number of aromatic nitrogens is 1. The summed E-state index contributed by atoms with van der Waals surface area (Å²) in [6.45, 7) is 0.378. The molecule has 0 radical (unpaired) electrons. The van der Waals surface area contributed by atoms with Gasteiger partial charge in [-0.25, -0.2) is 0 Å². The molecule has 2 aromatic carbocycles. The number of nitrogens with zero attached hydrogens (tertiary/aromatic N) is 2. The molecule has 1 amide bonds. The lowest BCUT2D eigenvalue weighted by Gasteiger charge is -2.38. The summed E-state index contributed by atoms with van der Waals surface area (Å²) < 4.78 is 2.20. The zero-order chi connectivity index (χ0) is 17.5. The number of fused-ring (bicyclic) bond motifs is 3. The van der Waals surface area contributed by atoms with Crippen LogP contribution in [-0.4, -0.2) is 23.1 Å². The quantitative estimate of drug-likeness (QED) is 0.785. The molecule has 2 aliphatic rings. The molecule has 0 spiro atoms. The van der Waals surface area contributed by atoms with E-state index in [0.717, 1.165) is 22.6 Å². The van der Waals surface area contributed by atoms with Crippen molar-refractivity contribution in [2.45, 2.75) is 24.9 Å². The minimum Gasteiger partial charge on any atom is -0.316 e. The summed E-state index contributed by atoms with van der Waals surface area (Å²) in [5.74, 6) is 0.116. The Balaban J connectivity index is 1.64. The highest BCUT2D eigenvalue weighted by Crippen LogP contribution is 2.42. The molecule has 4 nitrogen and oxygen atoms in total. The van der Waals surface area contributed by atoms with Crippen LogP contribution in [-0.2, 0) is 4.79 Å². The number of anilines is 1. The fourth-order valence-electron chi connectivity index (χ4n) is 3.82. The van der Waals surface area contributed by atoms with E-state index in [-0.39, 0.29) is 11.9 Å². The van der Waals surface area contributed by atoms with Gasteiger partial charge in [-0.15, -0.1) is 0 Å². The maximum atomic E-state index is 13.3. The summed E-state index contributed by atoms with van der Waals surface area (Å²) in [7, 11) is 0. The number of rotatable bonds is 4. The molecule has 5 rings (SSSR count). The molecule has 1 aromatic heterocycles. The lowest BCUT2D eigenvalue weighted by atomic mass is 9.98. The van der Waals surface area contributed by atoms with Gasteiger partial charge in [-0.05, 0) is 42.7 Å². The molecule has 0 saturated heterocycles. The molecule has 1 atom stereocenters. The van der Waals surface area contributed by atoms with Gasteiger partial charge < -0.3 is 9.88 Å². The Morgan fingerprint density at radius 2 is 1.65 bits per heavy atom. The topological polar surface area (TPSA) is 37.3 Å². The molecule has 1 N–H and O–H groups in total. The molecule has 3 aromatic rings. The van der Waals surface area contributed by atoms with Crippen LogP contribution >= 0.6 is 0 Å². The molecule has 26 heavy (non-hydrogen) atoms. The Morgan fingerprint density at radius 1 is 0.923 bits per heavy atom. The number of amides is 1. The van der Waals surface area contributed by atoms with Crippen molar-refractivity contribution in [3.05, 3.63) is 84.2 Å². The normalized spacial score (nSPS) is 18.3. The first kappa shape index (κ1) is 15.4. The highest BCUT2D eigenvalue weighted by atomic mass is 16.2. The highest BCUT2D eigenvalue weighted by molar-refractivity contribution is 5.99. The summed E-state index contributed by atoms with van der Waals surface area (Å²) in [5, 5.41) is 3.38. The lowest BCUT2D eigenvalue weighted by molar-refractivity contribution is -0.118. The first-order valence-electron chi connectivity index (χ1n) is 9.20. The van der Waals surface area contributed by atoms with E-state index in [1.807, 2.05) is 41.3 Å². The fourth-order valence-corrected chi connectivity index (χ4v) is 3.82. The van der Waals surface area contributed by atoms with Gasteiger partial charge >= 0.3 is 0 Å². The van der Waals surface area contributed by atoms with Crippen molar-refractivity contribution < 1.29 is 4.79 Å². The monoisotopic (exact) mass is 343 g/mol. The summed E-state index contributed by atoms with van der Waals surface area (Å²) in [5.41, 5.74) is 4.27. The van der Waals surface area contributed by atoms with Crippen molar-refractivity contribution >= 4 is 11.6 Å². The van der Waals surface area contributed by atoms with E-state index in [1.54, 1.807) is 0 Å². The third-order valence-electron chi connectivity index (χ3n) is 5.22. The van der Waals surface area contributed by atoms with Gasteiger partial charge in [0.25, 0.3) is 0 Å². The van der Waals surface area contributed by atoms with E-state index in [9.17, 15) is 4.79 Å². The van der Waals surface area contributed by atoms with Crippen molar-refractivity contribution in [3.63, 3.8) is 0 Å². The molecule has 1 fully saturated rings. The van der Waals surface area contributed by atoms with E-state index in [0.29, 0.717) is 12.6 Å². The van der Waals surface area contributed by atoms with Crippen LogP contribution in [0.2, 0.25) is 0 Å². The summed E-state index contributed by atoms with van der Waals surface area (Å²) in [4.78, 5) is 15.2. The van der Waals surface area contributed by atoms with Crippen molar-refractivity contribution in [1.82, 2.24) is 9.88 Å². The molecule has 4 heteroatoms. The third kappa shape index (κ3) is 2.54. The second kappa shape index (κ2) is 6.15. The minimum atomic E-state index is -0.116. The Kier molecular flexibility index (Phi) is 3.64.